The molecule has 3 nitrogen and oxygen atoms in total. The molecule has 0 spiro atoms. The van der Waals surface area contributed by atoms with Crippen molar-refractivity contribution >= 4 is 0 Å². The Labute approximate surface area is 80.4 Å². The summed E-state index contributed by atoms with van der Waals surface area (Å²) < 4.78 is 0. The Kier molecular flexibility index (Phi) is 5.53. The first-order valence-corrected chi connectivity index (χ1v) is 4.88. The second kappa shape index (κ2) is 5.58. The van der Waals surface area contributed by atoms with Gasteiger partial charge in [0, 0.05) is 18.4 Å². The van der Waals surface area contributed by atoms with Crippen LogP contribution in [0, 0.1) is 17.8 Å². The van der Waals surface area contributed by atoms with Crippen molar-refractivity contribution in [2.75, 3.05) is 6.61 Å². The van der Waals surface area contributed by atoms with Crippen LogP contribution in [-0.4, -0.2) is 34.1 Å². The molecule has 0 saturated heterocycles. The molecule has 0 radical (unpaired) electrons. The maximum atomic E-state index is 9.69. The van der Waals surface area contributed by atoms with Crippen molar-refractivity contribution in [1.29, 1.82) is 0 Å². The summed E-state index contributed by atoms with van der Waals surface area (Å²) in [6, 6.07) is 0. The van der Waals surface area contributed by atoms with E-state index in [4.69, 9.17) is 5.11 Å². The van der Waals surface area contributed by atoms with Crippen LogP contribution in [0.1, 0.15) is 27.7 Å². The third-order valence-electron chi connectivity index (χ3n) is 2.63. The minimum absolute atomic E-state index is 0.0453. The molecule has 0 aromatic heterocycles. The third kappa shape index (κ3) is 3.63. The van der Waals surface area contributed by atoms with Gasteiger partial charge in [0.1, 0.15) is 0 Å². The molecule has 4 atom stereocenters. The van der Waals surface area contributed by atoms with E-state index in [1.54, 1.807) is 6.92 Å². The first kappa shape index (κ1) is 12.9. The fourth-order valence-electron chi connectivity index (χ4n) is 1.44. The molecule has 0 aliphatic heterocycles. The van der Waals surface area contributed by atoms with Gasteiger partial charge in [-0.05, 0) is 5.92 Å². The van der Waals surface area contributed by atoms with Gasteiger partial charge in [-0.15, -0.1) is 0 Å². The zero-order chi connectivity index (χ0) is 10.6. The lowest BCUT2D eigenvalue weighted by Gasteiger charge is -2.29. The van der Waals surface area contributed by atoms with Gasteiger partial charge in [-0.3, -0.25) is 0 Å². The van der Waals surface area contributed by atoms with E-state index in [1.807, 2.05) is 20.8 Å². The van der Waals surface area contributed by atoms with Gasteiger partial charge < -0.3 is 15.3 Å². The second-order valence-electron chi connectivity index (χ2n) is 4.24. The van der Waals surface area contributed by atoms with Crippen molar-refractivity contribution in [3.8, 4) is 0 Å². The Bertz CT molecular complexity index is 136. The molecule has 13 heavy (non-hydrogen) atoms. The van der Waals surface area contributed by atoms with Gasteiger partial charge in [-0.25, -0.2) is 0 Å². The molecule has 0 fully saturated rings. The Morgan fingerprint density at radius 3 is 1.69 bits per heavy atom. The molecule has 3 N–H and O–H groups in total. The standard InChI is InChI=1S/C10H22O3/c1-6(2)9(12)8(4)10(13)7(3)5-11/h6-13H,5H2,1-4H3/t7-,8?,9?,10?/m1/s1. The van der Waals surface area contributed by atoms with E-state index < -0.39 is 12.2 Å². The van der Waals surface area contributed by atoms with Crippen molar-refractivity contribution in [3.05, 3.63) is 0 Å². The van der Waals surface area contributed by atoms with Crippen LogP contribution in [0.15, 0.2) is 0 Å². The monoisotopic (exact) mass is 190 g/mol. The van der Waals surface area contributed by atoms with Crippen molar-refractivity contribution in [2.24, 2.45) is 17.8 Å². The van der Waals surface area contributed by atoms with Crippen LogP contribution in [0.25, 0.3) is 0 Å². The molecular weight excluding hydrogens is 168 g/mol. The highest BCUT2D eigenvalue weighted by Crippen LogP contribution is 2.20. The Hall–Kier alpha value is -0.120. The zero-order valence-electron chi connectivity index (χ0n) is 8.94. The molecule has 3 heteroatoms. The van der Waals surface area contributed by atoms with Crippen LogP contribution in [0.2, 0.25) is 0 Å². The molecule has 0 rings (SSSR count). The normalized spacial score (nSPS) is 21.2. The molecule has 0 saturated carbocycles. The maximum absolute atomic E-state index is 9.69. The van der Waals surface area contributed by atoms with Crippen LogP contribution in [0.4, 0.5) is 0 Å². The molecule has 0 aliphatic rings. The first-order valence-electron chi connectivity index (χ1n) is 4.88. The van der Waals surface area contributed by atoms with Crippen LogP contribution < -0.4 is 0 Å². The molecule has 0 aliphatic carbocycles. The summed E-state index contributed by atoms with van der Waals surface area (Å²) in [5.41, 5.74) is 0. The van der Waals surface area contributed by atoms with Gasteiger partial charge >= 0.3 is 0 Å². The summed E-state index contributed by atoms with van der Waals surface area (Å²) in [4.78, 5) is 0. The summed E-state index contributed by atoms with van der Waals surface area (Å²) in [7, 11) is 0. The predicted molar refractivity (Wildman–Crippen MR) is 52.3 cm³/mol. The molecule has 0 amide bonds. The number of aliphatic hydroxyl groups excluding tert-OH is 3. The Morgan fingerprint density at radius 2 is 1.38 bits per heavy atom. The SMILES string of the molecule is CC(C)C(O)C(C)C(O)[C@H](C)CO. The average molecular weight is 190 g/mol. The minimum Gasteiger partial charge on any atom is -0.396 e. The summed E-state index contributed by atoms with van der Waals surface area (Å²) in [5.74, 6) is -0.235. The fourth-order valence-corrected chi connectivity index (χ4v) is 1.44. The van der Waals surface area contributed by atoms with E-state index in [0.29, 0.717) is 0 Å². The average Bonchev–Trinajstić information content (AvgIpc) is 2.12. The number of aliphatic hydroxyl groups is 3. The van der Waals surface area contributed by atoms with Gasteiger partial charge in [0.2, 0.25) is 0 Å². The van der Waals surface area contributed by atoms with Gasteiger partial charge in [-0.1, -0.05) is 27.7 Å². The summed E-state index contributed by atoms with van der Waals surface area (Å²) >= 11 is 0. The number of hydrogen-bond donors (Lipinski definition) is 3. The quantitative estimate of drug-likeness (QED) is 0.596. The van der Waals surface area contributed by atoms with Crippen LogP contribution in [0.3, 0.4) is 0 Å². The van der Waals surface area contributed by atoms with Crippen molar-refractivity contribution in [2.45, 2.75) is 39.9 Å². The summed E-state index contributed by atoms with van der Waals surface area (Å²) in [6.45, 7) is 7.36. The Morgan fingerprint density at radius 1 is 0.923 bits per heavy atom. The molecular formula is C10H22O3. The van der Waals surface area contributed by atoms with Crippen molar-refractivity contribution in [3.63, 3.8) is 0 Å². The molecule has 0 heterocycles. The lowest BCUT2D eigenvalue weighted by molar-refractivity contribution is -0.0353. The van der Waals surface area contributed by atoms with Gasteiger partial charge in [0.05, 0.1) is 12.2 Å². The van der Waals surface area contributed by atoms with E-state index in [2.05, 4.69) is 0 Å². The van der Waals surface area contributed by atoms with Crippen LogP contribution >= 0.6 is 0 Å². The van der Waals surface area contributed by atoms with E-state index in [1.165, 1.54) is 0 Å². The minimum atomic E-state index is -0.637. The van der Waals surface area contributed by atoms with Gasteiger partial charge in [0.15, 0.2) is 0 Å². The largest absolute Gasteiger partial charge is 0.396 e. The lowest BCUT2D eigenvalue weighted by Crippen LogP contribution is -2.37. The predicted octanol–water partition coefficient (Wildman–Crippen LogP) is 0.629. The van der Waals surface area contributed by atoms with E-state index in [-0.39, 0.29) is 24.4 Å². The first-order chi connectivity index (χ1) is 5.91. The Balaban J connectivity index is 4.15. The summed E-state index contributed by atoms with van der Waals surface area (Å²) in [6.07, 6.45) is -1.15. The van der Waals surface area contributed by atoms with E-state index in [0.717, 1.165) is 0 Å². The molecule has 3 unspecified atom stereocenters. The molecule has 0 aromatic carbocycles. The highest BCUT2D eigenvalue weighted by atomic mass is 16.3. The molecule has 80 valence electrons. The van der Waals surface area contributed by atoms with Crippen LogP contribution in [0.5, 0.6) is 0 Å². The highest BCUT2D eigenvalue weighted by Gasteiger charge is 2.28. The van der Waals surface area contributed by atoms with Crippen molar-refractivity contribution in [1.82, 2.24) is 0 Å². The lowest BCUT2D eigenvalue weighted by atomic mass is 9.85. The van der Waals surface area contributed by atoms with Crippen molar-refractivity contribution < 1.29 is 15.3 Å². The third-order valence-corrected chi connectivity index (χ3v) is 2.63. The second-order valence-corrected chi connectivity index (χ2v) is 4.24. The summed E-state index contributed by atoms with van der Waals surface area (Å²) in [5, 5.41) is 28.2. The number of rotatable bonds is 5. The topological polar surface area (TPSA) is 60.7 Å². The highest BCUT2D eigenvalue weighted by molar-refractivity contribution is 4.77. The zero-order valence-corrected chi connectivity index (χ0v) is 8.94. The van der Waals surface area contributed by atoms with Crippen LogP contribution in [-0.2, 0) is 0 Å². The molecule has 0 aromatic rings. The van der Waals surface area contributed by atoms with Gasteiger partial charge in [0.25, 0.3) is 0 Å². The maximum Gasteiger partial charge on any atom is 0.0637 e. The van der Waals surface area contributed by atoms with E-state index >= 15 is 0 Å². The number of hydrogen-bond acceptors (Lipinski definition) is 3. The fraction of sp³-hybridized carbons (Fsp3) is 1.00. The smallest absolute Gasteiger partial charge is 0.0637 e. The van der Waals surface area contributed by atoms with Gasteiger partial charge in [-0.2, -0.15) is 0 Å². The van der Waals surface area contributed by atoms with E-state index in [9.17, 15) is 10.2 Å². The molecule has 0 bridgehead atoms.